The van der Waals surface area contributed by atoms with Crippen molar-refractivity contribution in [1.29, 1.82) is 0 Å². The quantitative estimate of drug-likeness (QED) is 0.374. The number of nitrogens with two attached hydrogens (primary N) is 1. The van der Waals surface area contributed by atoms with Gasteiger partial charge in [0.05, 0.1) is 6.54 Å². The van der Waals surface area contributed by atoms with Gasteiger partial charge >= 0.3 is 0 Å². The van der Waals surface area contributed by atoms with Gasteiger partial charge in [-0.25, -0.2) is 0 Å². The van der Waals surface area contributed by atoms with Crippen molar-refractivity contribution in [3.63, 3.8) is 0 Å². The fourth-order valence-electron chi connectivity index (χ4n) is 0.370. The SMILES string of the molecule is C#CCNC(=O)CC(N)=O. The highest BCUT2D eigenvalue weighted by Crippen LogP contribution is 1.74. The zero-order chi connectivity index (χ0) is 7.98. The summed E-state index contributed by atoms with van der Waals surface area (Å²) >= 11 is 0. The van der Waals surface area contributed by atoms with Gasteiger partial charge in [-0.3, -0.25) is 9.59 Å². The molecular formula is C6H8N2O2. The average Bonchev–Trinajstić information content (AvgIpc) is 1.82. The van der Waals surface area contributed by atoms with E-state index in [0.717, 1.165) is 0 Å². The summed E-state index contributed by atoms with van der Waals surface area (Å²) in [6.45, 7) is 0.131. The summed E-state index contributed by atoms with van der Waals surface area (Å²) < 4.78 is 0. The molecule has 4 heteroatoms. The number of rotatable bonds is 3. The van der Waals surface area contributed by atoms with Crippen LogP contribution in [-0.2, 0) is 9.59 Å². The minimum atomic E-state index is -0.658. The number of terminal acetylenes is 1. The first-order valence-electron chi connectivity index (χ1n) is 2.65. The Morgan fingerprint density at radius 3 is 2.60 bits per heavy atom. The molecule has 0 unspecified atom stereocenters. The molecule has 0 aliphatic heterocycles. The summed E-state index contributed by atoms with van der Waals surface area (Å²) in [5.74, 6) is 1.09. The maximum Gasteiger partial charge on any atom is 0.230 e. The van der Waals surface area contributed by atoms with Crippen molar-refractivity contribution in [2.45, 2.75) is 6.42 Å². The minimum absolute atomic E-state index is 0.131. The molecule has 0 aliphatic rings. The van der Waals surface area contributed by atoms with Gasteiger partial charge in [0, 0.05) is 0 Å². The van der Waals surface area contributed by atoms with Crippen LogP contribution in [0.15, 0.2) is 0 Å². The first-order chi connectivity index (χ1) is 4.66. The molecule has 0 fully saturated rings. The summed E-state index contributed by atoms with van der Waals surface area (Å²) in [4.78, 5) is 20.6. The van der Waals surface area contributed by atoms with E-state index < -0.39 is 11.8 Å². The van der Waals surface area contributed by atoms with Gasteiger partial charge in [0.25, 0.3) is 0 Å². The molecule has 2 amide bonds. The lowest BCUT2D eigenvalue weighted by Gasteiger charge is -1.95. The monoisotopic (exact) mass is 140 g/mol. The third-order valence-electron chi connectivity index (χ3n) is 0.722. The number of carbonyl (C=O) groups is 2. The molecule has 10 heavy (non-hydrogen) atoms. The molecular weight excluding hydrogens is 132 g/mol. The number of hydrogen-bond donors (Lipinski definition) is 2. The van der Waals surface area contributed by atoms with Gasteiger partial charge in [-0.15, -0.1) is 6.42 Å². The van der Waals surface area contributed by atoms with Crippen molar-refractivity contribution in [1.82, 2.24) is 5.32 Å². The van der Waals surface area contributed by atoms with Crippen LogP contribution in [0.2, 0.25) is 0 Å². The highest BCUT2D eigenvalue weighted by molar-refractivity contribution is 5.96. The van der Waals surface area contributed by atoms with Crippen LogP contribution in [0.4, 0.5) is 0 Å². The maximum atomic E-state index is 10.5. The molecule has 0 saturated carbocycles. The fraction of sp³-hybridized carbons (Fsp3) is 0.333. The number of amides is 2. The first kappa shape index (κ1) is 8.50. The van der Waals surface area contributed by atoms with E-state index in [9.17, 15) is 9.59 Å². The molecule has 0 saturated heterocycles. The summed E-state index contributed by atoms with van der Waals surface area (Å²) in [7, 11) is 0. The zero-order valence-electron chi connectivity index (χ0n) is 5.39. The highest BCUT2D eigenvalue weighted by Gasteiger charge is 2.02. The smallest absolute Gasteiger partial charge is 0.230 e. The van der Waals surface area contributed by atoms with Crippen molar-refractivity contribution >= 4 is 11.8 Å². The van der Waals surface area contributed by atoms with Crippen LogP contribution in [0.5, 0.6) is 0 Å². The van der Waals surface area contributed by atoms with Gasteiger partial charge in [0.15, 0.2) is 0 Å². The molecule has 0 heterocycles. The van der Waals surface area contributed by atoms with E-state index in [1.54, 1.807) is 0 Å². The van der Waals surface area contributed by atoms with Crippen LogP contribution in [0, 0.1) is 12.3 Å². The van der Waals surface area contributed by atoms with Gasteiger partial charge in [0.1, 0.15) is 6.42 Å². The van der Waals surface area contributed by atoms with Crippen molar-refractivity contribution in [2.75, 3.05) is 6.54 Å². The third-order valence-corrected chi connectivity index (χ3v) is 0.722. The van der Waals surface area contributed by atoms with Gasteiger partial charge in [0.2, 0.25) is 11.8 Å². The summed E-state index contributed by atoms with van der Waals surface area (Å²) in [6, 6.07) is 0. The van der Waals surface area contributed by atoms with Crippen LogP contribution in [-0.4, -0.2) is 18.4 Å². The maximum absolute atomic E-state index is 10.5. The summed E-state index contributed by atoms with van der Waals surface area (Å²) in [6.07, 6.45) is 4.52. The lowest BCUT2D eigenvalue weighted by molar-refractivity contribution is -0.127. The standard InChI is InChI=1S/C6H8N2O2/c1-2-3-8-6(10)4-5(7)9/h1H,3-4H2,(H2,7,9)(H,8,10). The van der Waals surface area contributed by atoms with Gasteiger partial charge in [-0.05, 0) is 0 Å². The zero-order valence-corrected chi connectivity index (χ0v) is 5.39. The molecule has 0 aromatic heterocycles. The lowest BCUT2D eigenvalue weighted by atomic mass is 10.4. The normalized spacial score (nSPS) is 7.90. The van der Waals surface area contributed by atoms with Crippen LogP contribution >= 0.6 is 0 Å². The topological polar surface area (TPSA) is 72.2 Å². The van der Waals surface area contributed by atoms with Crippen LogP contribution in [0.3, 0.4) is 0 Å². The van der Waals surface area contributed by atoms with Gasteiger partial charge in [-0.1, -0.05) is 5.92 Å². The van der Waals surface area contributed by atoms with Crippen molar-refractivity contribution < 1.29 is 9.59 Å². The molecule has 0 spiro atoms. The lowest BCUT2D eigenvalue weighted by Crippen LogP contribution is -2.28. The number of primary amides is 1. The van der Waals surface area contributed by atoms with Gasteiger partial charge < -0.3 is 11.1 Å². The second-order valence-electron chi connectivity index (χ2n) is 1.62. The van der Waals surface area contributed by atoms with E-state index in [-0.39, 0.29) is 13.0 Å². The van der Waals surface area contributed by atoms with E-state index in [4.69, 9.17) is 12.2 Å². The predicted octanol–water partition coefficient (Wildman–Crippen LogP) is -1.39. The summed E-state index contributed by atoms with van der Waals surface area (Å²) in [5, 5.41) is 2.29. The molecule has 0 atom stereocenters. The highest BCUT2D eigenvalue weighted by atomic mass is 16.2. The van der Waals surface area contributed by atoms with Crippen molar-refractivity contribution in [3.05, 3.63) is 0 Å². The Kier molecular flexibility index (Phi) is 3.73. The fourth-order valence-corrected chi connectivity index (χ4v) is 0.370. The molecule has 3 N–H and O–H groups in total. The van der Waals surface area contributed by atoms with E-state index in [1.165, 1.54) is 0 Å². The first-order valence-corrected chi connectivity index (χ1v) is 2.65. The van der Waals surface area contributed by atoms with Gasteiger partial charge in [-0.2, -0.15) is 0 Å². The van der Waals surface area contributed by atoms with E-state index >= 15 is 0 Å². The third kappa shape index (κ3) is 4.65. The van der Waals surface area contributed by atoms with Crippen molar-refractivity contribution in [2.24, 2.45) is 5.73 Å². The second kappa shape index (κ2) is 4.39. The molecule has 0 bridgehead atoms. The number of carbonyl (C=O) groups excluding carboxylic acids is 2. The predicted molar refractivity (Wildman–Crippen MR) is 35.7 cm³/mol. The molecule has 54 valence electrons. The van der Waals surface area contributed by atoms with Crippen LogP contribution in [0.1, 0.15) is 6.42 Å². The largest absolute Gasteiger partial charge is 0.369 e. The van der Waals surface area contributed by atoms with Crippen LogP contribution < -0.4 is 11.1 Å². The molecule has 0 aromatic carbocycles. The Balaban J connectivity index is 3.47. The number of hydrogen-bond acceptors (Lipinski definition) is 2. The number of nitrogens with one attached hydrogen (secondary N) is 1. The van der Waals surface area contributed by atoms with E-state index in [1.807, 2.05) is 0 Å². The van der Waals surface area contributed by atoms with E-state index in [2.05, 4.69) is 11.2 Å². The molecule has 0 radical (unpaired) electrons. The molecule has 0 rings (SSSR count). The Hall–Kier alpha value is -1.50. The summed E-state index contributed by atoms with van der Waals surface area (Å²) in [5.41, 5.74) is 4.71. The van der Waals surface area contributed by atoms with Crippen LogP contribution in [0.25, 0.3) is 0 Å². The Morgan fingerprint density at radius 1 is 1.60 bits per heavy atom. The minimum Gasteiger partial charge on any atom is -0.369 e. The van der Waals surface area contributed by atoms with E-state index in [0.29, 0.717) is 0 Å². The molecule has 0 aromatic rings. The molecule has 0 aliphatic carbocycles. The Bertz CT molecular complexity index is 181. The molecule has 4 nitrogen and oxygen atoms in total. The van der Waals surface area contributed by atoms with Crippen molar-refractivity contribution in [3.8, 4) is 12.3 Å². The average molecular weight is 140 g/mol. The Morgan fingerprint density at radius 2 is 2.20 bits per heavy atom. The second-order valence-corrected chi connectivity index (χ2v) is 1.62. The Labute approximate surface area is 58.8 Å².